The van der Waals surface area contributed by atoms with E-state index in [-0.39, 0.29) is 11.6 Å². The van der Waals surface area contributed by atoms with E-state index >= 15 is 0 Å². The molecule has 0 saturated heterocycles. The van der Waals surface area contributed by atoms with Gasteiger partial charge in [0.25, 0.3) is 11.4 Å². The van der Waals surface area contributed by atoms with Crippen molar-refractivity contribution in [2.45, 2.75) is 19.3 Å². The molecule has 1 N–H and O–H groups in total. The third-order valence-corrected chi connectivity index (χ3v) is 3.20. The summed E-state index contributed by atoms with van der Waals surface area (Å²) in [4.78, 5) is 18.5. The maximum Gasteiger partial charge on any atom is 0.419 e. The molecule has 7 nitrogen and oxygen atoms in total. The fourth-order valence-corrected chi connectivity index (χ4v) is 1.87. The number of hydrogen-bond donors (Lipinski definition) is 1. The molecule has 166 valence electrons. The minimum absolute atomic E-state index is 0.0249. The van der Waals surface area contributed by atoms with Crippen LogP contribution in [0.1, 0.15) is 16.7 Å². The molecule has 0 saturated carbocycles. The average molecular weight is 445 g/mol. The van der Waals surface area contributed by atoms with Gasteiger partial charge in [-0.1, -0.05) is 6.07 Å². The largest absolute Gasteiger partial charge is 0.419 e. The fourth-order valence-electron chi connectivity index (χ4n) is 1.87. The van der Waals surface area contributed by atoms with Crippen molar-refractivity contribution < 1.29 is 45.7 Å². The molecule has 30 heavy (non-hydrogen) atoms. The Labute approximate surface area is 163 Å². The zero-order valence-electron chi connectivity index (χ0n) is 15.1. The van der Waals surface area contributed by atoms with Gasteiger partial charge in [0.05, 0.1) is 21.0 Å². The van der Waals surface area contributed by atoms with E-state index < -0.39 is 50.5 Å². The molecule has 2 aromatic rings. The first-order valence-electron chi connectivity index (χ1n) is 7.42. The van der Waals surface area contributed by atoms with Crippen molar-refractivity contribution in [3.63, 3.8) is 0 Å². The molecule has 14 heteroatoms. The zero-order chi connectivity index (χ0) is 23.9. The second kappa shape index (κ2) is 10.5. The molecular weight excluding hydrogens is 432 g/mol. The molecule has 0 spiro atoms. The highest BCUT2D eigenvalue weighted by molar-refractivity contribution is 5.40. The van der Waals surface area contributed by atoms with Gasteiger partial charge in [0.15, 0.2) is 0 Å². The van der Waals surface area contributed by atoms with E-state index in [1.165, 1.54) is 6.92 Å². The van der Waals surface area contributed by atoms with Gasteiger partial charge in [-0.2, -0.15) is 26.3 Å². The second-order valence-electron chi connectivity index (χ2n) is 5.17. The SMILES string of the molecule is CO.Cc1ccc([N+](=O)[O-])cc1C(F)(F)F.O=[N+]([O-])c1ccc([18F])c(C(F)(F)F)c1. The van der Waals surface area contributed by atoms with Gasteiger partial charge in [0, 0.05) is 31.4 Å². The summed E-state index contributed by atoms with van der Waals surface area (Å²) in [6.07, 6.45) is -9.47. The van der Waals surface area contributed by atoms with Crippen molar-refractivity contribution in [1.29, 1.82) is 0 Å². The van der Waals surface area contributed by atoms with Crippen LogP contribution < -0.4 is 0 Å². The number of aliphatic hydroxyl groups excluding tert-OH is 1. The number of hydrogen-bond acceptors (Lipinski definition) is 5. The molecule has 2 rings (SSSR count). The summed E-state index contributed by atoms with van der Waals surface area (Å²) in [6, 6.07) is 3.92. The lowest BCUT2D eigenvalue weighted by Gasteiger charge is -2.08. The zero-order valence-corrected chi connectivity index (χ0v) is 15.1. The van der Waals surface area contributed by atoms with Gasteiger partial charge in [-0.25, -0.2) is 4.39 Å². The van der Waals surface area contributed by atoms with Gasteiger partial charge >= 0.3 is 12.4 Å². The average Bonchev–Trinajstić information content (AvgIpc) is 2.62. The molecule has 0 aromatic heterocycles. The van der Waals surface area contributed by atoms with Crippen molar-refractivity contribution in [1.82, 2.24) is 0 Å². The Morgan fingerprint density at radius 2 is 1.13 bits per heavy atom. The first-order chi connectivity index (χ1) is 13.6. The van der Waals surface area contributed by atoms with E-state index in [9.17, 15) is 51.0 Å². The Morgan fingerprint density at radius 3 is 1.50 bits per heavy atom. The molecule has 0 unspecified atom stereocenters. The number of halogens is 7. The van der Waals surface area contributed by atoms with Crippen molar-refractivity contribution in [3.8, 4) is 0 Å². The third kappa shape index (κ3) is 7.62. The predicted molar refractivity (Wildman–Crippen MR) is 89.0 cm³/mol. The van der Waals surface area contributed by atoms with Crippen LogP contribution in [0.4, 0.5) is 42.1 Å². The molecule has 0 heterocycles. The van der Waals surface area contributed by atoms with Gasteiger partial charge in [0.2, 0.25) is 0 Å². The lowest BCUT2D eigenvalue weighted by Crippen LogP contribution is -2.08. The van der Waals surface area contributed by atoms with E-state index in [2.05, 4.69) is 0 Å². The number of non-ortho nitro benzene ring substituents is 2. The quantitative estimate of drug-likeness (QED) is 0.384. The van der Waals surface area contributed by atoms with Crippen LogP contribution in [0.25, 0.3) is 0 Å². The number of nitro groups is 2. The maximum atomic E-state index is 12.6. The Balaban J connectivity index is 0.000000518. The Kier molecular flexibility index (Phi) is 9.33. The van der Waals surface area contributed by atoms with Crippen LogP contribution in [0.3, 0.4) is 0 Å². The summed E-state index contributed by atoms with van der Waals surface area (Å²) in [5.41, 5.74) is -3.97. The van der Waals surface area contributed by atoms with Gasteiger partial charge in [-0.15, -0.1) is 0 Å². The van der Waals surface area contributed by atoms with Crippen LogP contribution in [-0.4, -0.2) is 22.1 Å². The van der Waals surface area contributed by atoms with Gasteiger partial charge in [-0.05, 0) is 18.6 Å². The second-order valence-corrected chi connectivity index (χ2v) is 5.17. The van der Waals surface area contributed by atoms with Gasteiger partial charge in [-0.3, -0.25) is 20.2 Å². The molecule has 0 fully saturated rings. The van der Waals surface area contributed by atoms with Crippen LogP contribution in [0.2, 0.25) is 0 Å². The highest BCUT2D eigenvalue weighted by Crippen LogP contribution is 2.34. The number of aryl methyl sites for hydroxylation is 1. The molecule has 0 atom stereocenters. The number of aliphatic hydroxyl groups is 1. The van der Waals surface area contributed by atoms with E-state index in [0.717, 1.165) is 19.2 Å². The van der Waals surface area contributed by atoms with Crippen LogP contribution in [0.5, 0.6) is 0 Å². The fraction of sp³-hybridized carbons (Fsp3) is 0.250. The molecular formula is C16H13F7N2O5. The topological polar surface area (TPSA) is 107 Å². The summed E-state index contributed by atoms with van der Waals surface area (Å²) < 4.78 is 85.5. The molecule has 0 radical (unpaired) electrons. The summed E-state index contributed by atoms with van der Waals surface area (Å²) in [5.74, 6) is -1.52. The minimum atomic E-state index is -4.92. The number of benzene rings is 2. The van der Waals surface area contributed by atoms with E-state index in [1.807, 2.05) is 0 Å². The van der Waals surface area contributed by atoms with Gasteiger partial charge in [0.1, 0.15) is 5.82 Å². The van der Waals surface area contributed by atoms with Crippen LogP contribution in [0, 0.1) is 33.0 Å². The summed E-state index contributed by atoms with van der Waals surface area (Å²) in [5, 5.41) is 27.3. The monoisotopic (exact) mass is 445 g/mol. The Morgan fingerprint density at radius 1 is 0.767 bits per heavy atom. The highest BCUT2D eigenvalue weighted by Gasteiger charge is 2.35. The van der Waals surface area contributed by atoms with Crippen molar-refractivity contribution in [3.05, 3.63) is 79.1 Å². The standard InChI is InChI=1S/C8H6F3NO2.C7H3F4NO2.CH4O/c1-5-2-3-6(12(13)14)4-7(5)8(9,10)11;8-6-2-1-4(12(13)14)3-5(6)7(9,10)11;1-2/h2-4H,1H3;1-3H;2H,1H3/i;8-1;. The lowest BCUT2D eigenvalue weighted by molar-refractivity contribution is -0.385. The predicted octanol–water partition coefficient (Wildman–Crippen LogP) is 5.28. The maximum absolute atomic E-state index is 12.6. The number of alkyl halides is 6. The minimum Gasteiger partial charge on any atom is -0.400 e. The molecule has 0 aliphatic rings. The molecule has 0 bridgehead atoms. The molecule has 0 amide bonds. The van der Waals surface area contributed by atoms with Crippen molar-refractivity contribution in [2.24, 2.45) is 0 Å². The number of nitro benzene ring substituents is 2. The molecule has 0 aliphatic carbocycles. The van der Waals surface area contributed by atoms with Gasteiger partial charge < -0.3 is 5.11 Å². The van der Waals surface area contributed by atoms with Crippen LogP contribution in [-0.2, 0) is 12.4 Å². The summed E-state index contributed by atoms with van der Waals surface area (Å²) >= 11 is 0. The lowest BCUT2D eigenvalue weighted by atomic mass is 10.1. The first-order valence-corrected chi connectivity index (χ1v) is 7.42. The first kappa shape index (κ1) is 26.7. The summed E-state index contributed by atoms with van der Waals surface area (Å²) in [7, 11) is 1.00. The van der Waals surface area contributed by atoms with Crippen LogP contribution in [0.15, 0.2) is 36.4 Å². The van der Waals surface area contributed by atoms with Crippen LogP contribution >= 0.6 is 0 Å². The van der Waals surface area contributed by atoms with Crippen molar-refractivity contribution in [2.75, 3.05) is 7.11 Å². The third-order valence-electron chi connectivity index (χ3n) is 3.20. The molecule has 2 aromatic carbocycles. The Bertz CT molecular complexity index is 825. The van der Waals surface area contributed by atoms with E-state index in [1.54, 1.807) is 0 Å². The summed E-state index contributed by atoms with van der Waals surface area (Å²) in [6.45, 7) is 1.26. The highest BCUT2D eigenvalue weighted by atomic mass is 19.4. The Hall–Kier alpha value is -3.29. The smallest absolute Gasteiger partial charge is 0.400 e. The number of nitrogens with zero attached hydrogens (tertiary/aromatic N) is 2. The molecule has 0 aliphatic heterocycles. The van der Waals surface area contributed by atoms with E-state index in [0.29, 0.717) is 18.2 Å². The number of rotatable bonds is 2. The normalized spacial score (nSPS) is 10.9. The van der Waals surface area contributed by atoms with Crippen molar-refractivity contribution >= 4 is 11.4 Å². The van der Waals surface area contributed by atoms with E-state index in [4.69, 9.17) is 5.11 Å².